The fourth-order valence-electron chi connectivity index (χ4n) is 3.40. The molecule has 2 saturated carbocycles. The largest absolute Gasteiger partial charge is 0.384 e. The SMILES string of the molecule is COCC1(CNC(=O)N(Cc2ccc(SC)cc2)C2CC2)CCC1. The molecule has 0 aromatic heterocycles. The Morgan fingerprint density at radius 1 is 1.33 bits per heavy atom. The number of urea groups is 1. The molecule has 0 aliphatic heterocycles. The van der Waals surface area contributed by atoms with E-state index in [0.29, 0.717) is 12.6 Å². The van der Waals surface area contributed by atoms with Crippen LogP contribution in [0.2, 0.25) is 0 Å². The van der Waals surface area contributed by atoms with Gasteiger partial charge in [-0.2, -0.15) is 0 Å². The van der Waals surface area contributed by atoms with Crippen molar-refractivity contribution in [3.05, 3.63) is 29.8 Å². The van der Waals surface area contributed by atoms with E-state index >= 15 is 0 Å². The number of carbonyl (C=O) groups excluding carboxylic acids is 1. The van der Waals surface area contributed by atoms with Gasteiger partial charge in [-0.05, 0) is 49.6 Å². The molecule has 0 saturated heterocycles. The van der Waals surface area contributed by atoms with Crippen molar-refractivity contribution in [3.63, 3.8) is 0 Å². The Morgan fingerprint density at radius 2 is 2.04 bits per heavy atom. The number of benzene rings is 1. The van der Waals surface area contributed by atoms with Gasteiger partial charge in [0.25, 0.3) is 0 Å². The predicted octanol–water partition coefficient (Wildman–Crippen LogP) is 3.90. The summed E-state index contributed by atoms with van der Waals surface area (Å²) in [6.45, 7) is 2.17. The van der Waals surface area contributed by atoms with Crippen molar-refractivity contribution in [1.29, 1.82) is 0 Å². The number of methoxy groups -OCH3 is 1. The van der Waals surface area contributed by atoms with Crippen LogP contribution in [0.3, 0.4) is 0 Å². The number of hydrogen-bond donors (Lipinski definition) is 1. The number of carbonyl (C=O) groups is 1. The second-order valence-electron chi connectivity index (χ2n) is 7.15. The Bertz CT molecular complexity index is 553. The molecule has 1 aromatic rings. The fourth-order valence-corrected chi connectivity index (χ4v) is 3.81. The van der Waals surface area contributed by atoms with Crippen LogP contribution >= 0.6 is 11.8 Å². The molecule has 0 heterocycles. The molecule has 2 amide bonds. The molecule has 4 nitrogen and oxygen atoms in total. The van der Waals surface area contributed by atoms with E-state index in [9.17, 15) is 4.79 Å². The smallest absolute Gasteiger partial charge is 0.317 e. The highest BCUT2D eigenvalue weighted by atomic mass is 32.2. The van der Waals surface area contributed by atoms with Crippen LogP contribution in [-0.2, 0) is 11.3 Å². The summed E-state index contributed by atoms with van der Waals surface area (Å²) >= 11 is 1.74. The van der Waals surface area contributed by atoms with Gasteiger partial charge in [0.15, 0.2) is 0 Å². The van der Waals surface area contributed by atoms with Crippen LogP contribution in [0.15, 0.2) is 29.2 Å². The minimum atomic E-state index is 0.0776. The van der Waals surface area contributed by atoms with E-state index in [1.54, 1.807) is 18.9 Å². The predicted molar refractivity (Wildman–Crippen MR) is 98.3 cm³/mol. The topological polar surface area (TPSA) is 41.6 Å². The van der Waals surface area contributed by atoms with Gasteiger partial charge in [0, 0.05) is 36.6 Å². The van der Waals surface area contributed by atoms with Gasteiger partial charge in [-0.1, -0.05) is 18.6 Å². The molecule has 1 aromatic carbocycles. The average molecular weight is 349 g/mol. The van der Waals surface area contributed by atoms with Gasteiger partial charge in [0.05, 0.1) is 6.61 Å². The summed E-state index contributed by atoms with van der Waals surface area (Å²) in [4.78, 5) is 16.0. The number of nitrogens with one attached hydrogen (secondary N) is 1. The van der Waals surface area contributed by atoms with E-state index in [1.807, 2.05) is 4.90 Å². The quantitative estimate of drug-likeness (QED) is 0.725. The van der Waals surface area contributed by atoms with Crippen LogP contribution in [-0.4, -0.2) is 43.5 Å². The molecule has 0 radical (unpaired) electrons. The first-order valence-corrected chi connectivity index (χ1v) is 10.0. The second-order valence-corrected chi connectivity index (χ2v) is 8.03. The zero-order valence-corrected chi connectivity index (χ0v) is 15.5. The third-order valence-electron chi connectivity index (χ3n) is 5.24. The summed E-state index contributed by atoms with van der Waals surface area (Å²) in [5.74, 6) is 0. The van der Waals surface area contributed by atoms with Crippen LogP contribution in [0.1, 0.15) is 37.7 Å². The summed E-state index contributed by atoms with van der Waals surface area (Å²) in [6, 6.07) is 9.01. The Balaban J connectivity index is 1.57. The van der Waals surface area contributed by atoms with E-state index < -0.39 is 0 Å². The summed E-state index contributed by atoms with van der Waals surface area (Å²) < 4.78 is 5.35. The van der Waals surface area contributed by atoms with Crippen LogP contribution in [0.4, 0.5) is 4.79 Å². The normalized spacial score (nSPS) is 18.8. The maximum atomic E-state index is 12.7. The number of nitrogens with zero attached hydrogens (tertiary/aromatic N) is 1. The molecular formula is C19H28N2O2S. The highest BCUT2D eigenvalue weighted by Gasteiger charge is 2.39. The van der Waals surface area contributed by atoms with Crippen molar-refractivity contribution in [3.8, 4) is 0 Å². The fraction of sp³-hybridized carbons (Fsp3) is 0.632. The van der Waals surface area contributed by atoms with E-state index in [2.05, 4.69) is 35.8 Å². The van der Waals surface area contributed by atoms with Crippen molar-refractivity contribution in [2.45, 2.75) is 49.6 Å². The van der Waals surface area contributed by atoms with Gasteiger partial charge in [-0.25, -0.2) is 4.79 Å². The second kappa shape index (κ2) is 7.79. The zero-order chi connectivity index (χ0) is 17.0. The van der Waals surface area contributed by atoms with Gasteiger partial charge in [0.2, 0.25) is 0 Å². The van der Waals surface area contributed by atoms with Gasteiger partial charge in [-0.15, -0.1) is 11.8 Å². The molecular weight excluding hydrogens is 320 g/mol. The van der Waals surface area contributed by atoms with Crippen LogP contribution in [0, 0.1) is 5.41 Å². The number of ether oxygens (including phenoxy) is 1. The third kappa shape index (κ3) is 4.25. The summed E-state index contributed by atoms with van der Waals surface area (Å²) in [7, 11) is 1.75. The Hall–Kier alpha value is -1.20. The summed E-state index contributed by atoms with van der Waals surface area (Å²) in [6.07, 6.45) is 7.88. The van der Waals surface area contributed by atoms with Crippen LogP contribution < -0.4 is 5.32 Å². The maximum absolute atomic E-state index is 12.7. The molecule has 0 spiro atoms. The highest BCUT2D eigenvalue weighted by Crippen LogP contribution is 2.40. The van der Waals surface area contributed by atoms with Crippen LogP contribution in [0.5, 0.6) is 0 Å². The molecule has 3 rings (SSSR count). The first-order chi connectivity index (χ1) is 11.7. The van der Waals surface area contributed by atoms with E-state index in [1.165, 1.54) is 16.9 Å². The molecule has 0 unspecified atom stereocenters. The van der Waals surface area contributed by atoms with E-state index in [-0.39, 0.29) is 11.4 Å². The Kier molecular flexibility index (Phi) is 5.72. The number of rotatable bonds is 8. The van der Waals surface area contributed by atoms with Gasteiger partial charge < -0.3 is 15.0 Å². The van der Waals surface area contributed by atoms with Crippen molar-refractivity contribution >= 4 is 17.8 Å². The van der Waals surface area contributed by atoms with E-state index in [0.717, 1.165) is 38.8 Å². The first kappa shape index (κ1) is 17.6. The van der Waals surface area contributed by atoms with Crippen LogP contribution in [0.25, 0.3) is 0 Å². The molecule has 0 atom stereocenters. The molecule has 24 heavy (non-hydrogen) atoms. The van der Waals surface area contributed by atoms with Crippen molar-refractivity contribution in [1.82, 2.24) is 10.2 Å². The standard InChI is InChI=1S/C19H28N2O2S/c1-23-14-19(10-3-11-19)13-20-18(22)21(16-6-7-16)12-15-4-8-17(24-2)9-5-15/h4-5,8-9,16H,3,6-7,10-14H2,1-2H3,(H,20,22). The number of hydrogen-bond acceptors (Lipinski definition) is 3. The molecule has 1 N–H and O–H groups in total. The monoisotopic (exact) mass is 348 g/mol. The van der Waals surface area contributed by atoms with E-state index in [4.69, 9.17) is 4.74 Å². The number of thioether (sulfide) groups is 1. The zero-order valence-electron chi connectivity index (χ0n) is 14.7. The maximum Gasteiger partial charge on any atom is 0.317 e. The highest BCUT2D eigenvalue weighted by molar-refractivity contribution is 7.98. The lowest BCUT2D eigenvalue weighted by molar-refractivity contribution is 0.0189. The molecule has 2 fully saturated rings. The molecule has 0 bridgehead atoms. The lowest BCUT2D eigenvalue weighted by Gasteiger charge is -2.41. The Labute approximate surface area is 149 Å². The average Bonchev–Trinajstić information content (AvgIpc) is 3.40. The minimum absolute atomic E-state index is 0.0776. The first-order valence-electron chi connectivity index (χ1n) is 8.82. The van der Waals surface area contributed by atoms with Gasteiger partial charge >= 0.3 is 6.03 Å². The Morgan fingerprint density at radius 3 is 2.54 bits per heavy atom. The lowest BCUT2D eigenvalue weighted by atomic mass is 9.69. The van der Waals surface area contributed by atoms with Gasteiger partial charge in [-0.3, -0.25) is 0 Å². The third-order valence-corrected chi connectivity index (χ3v) is 5.98. The summed E-state index contributed by atoms with van der Waals surface area (Å²) in [5.41, 5.74) is 1.37. The summed E-state index contributed by atoms with van der Waals surface area (Å²) in [5, 5.41) is 3.18. The molecule has 5 heteroatoms. The lowest BCUT2D eigenvalue weighted by Crippen LogP contribution is -2.49. The van der Waals surface area contributed by atoms with Crippen molar-refractivity contribution in [2.75, 3.05) is 26.5 Å². The number of amides is 2. The van der Waals surface area contributed by atoms with Crippen molar-refractivity contribution < 1.29 is 9.53 Å². The van der Waals surface area contributed by atoms with Gasteiger partial charge in [0.1, 0.15) is 0 Å². The molecule has 2 aliphatic rings. The molecule has 2 aliphatic carbocycles. The minimum Gasteiger partial charge on any atom is -0.384 e. The molecule has 132 valence electrons. The van der Waals surface area contributed by atoms with Crippen molar-refractivity contribution in [2.24, 2.45) is 5.41 Å².